The Hall–Kier alpha value is -4.08. The fraction of sp³-hybridized carbons (Fsp3) is 0.227. The van der Waals surface area contributed by atoms with Gasteiger partial charge in [-0.05, 0) is 23.8 Å². The van der Waals surface area contributed by atoms with Crippen LogP contribution >= 0.6 is 0 Å². The summed E-state index contributed by atoms with van der Waals surface area (Å²) in [4.78, 5) is 30.5. The first-order chi connectivity index (χ1) is 15.4. The highest BCUT2D eigenvalue weighted by molar-refractivity contribution is 5.74. The Morgan fingerprint density at radius 1 is 1.06 bits per heavy atom. The molecule has 164 valence electrons. The Morgan fingerprint density at radius 3 is 2.66 bits per heavy atom. The Kier molecular flexibility index (Phi) is 4.69. The lowest BCUT2D eigenvalue weighted by molar-refractivity contribution is 0.174. The number of ether oxygens (including phenoxy) is 2. The lowest BCUT2D eigenvalue weighted by Crippen LogP contribution is -2.40. The number of anilines is 1. The van der Waals surface area contributed by atoms with Gasteiger partial charge in [0.2, 0.25) is 12.7 Å². The fourth-order valence-electron chi connectivity index (χ4n) is 3.77. The third-order valence-corrected chi connectivity index (χ3v) is 5.53. The van der Waals surface area contributed by atoms with Crippen molar-refractivity contribution in [2.45, 2.75) is 13.1 Å². The summed E-state index contributed by atoms with van der Waals surface area (Å²) in [6.45, 7) is 0.453. The average Bonchev–Trinajstić information content (AvgIpc) is 3.39. The number of aryl methyl sites for hydroxylation is 2. The number of nitrogens with zero attached hydrogens (tertiary/aromatic N) is 4. The second-order valence-corrected chi connectivity index (χ2v) is 7.53. The fourth-order valence-corrected chi connectivity index (χ4v) is 3.77. The van der Waals surface area contributed by atoms with E-state index in [9.17, 15) is 14.0 Å². The van der Waals surface area contributed by atoms with Crippen LogP contribution < -0.4 is 26.0 Å². The van der Waals surface area contributed by atoms with Gasteiger partial charge in [0.15, 0.2) is 22.7 Å². The molecular formula is C22H20FN5O4. The summed E-state index contributed by atoms with van der Waals surface area (Å²) in [7, 11) is 3.23. The first kappa shape index (κ1) is 19.9. The zero-order valence-corrected chi connectivity index (χ0v) is 17.5. The number of nitrogens with one attached hydrogen (secondary N) is 1. The van der Waals surface area contributed by atoms with Gasteiger partial charge in [-0.15, -0.1) is 0 Å². The number of halogens is 1. The van der Waals surface area contributed by atoms with E-state index < -0.39 is 17.1 Å². The minimum absolute atomic E-state index is 0.167. The monoisotopic (exact) mass is 437 g/mol. The third kappa shape index (κ3) is 3.20. The van der Waals surface area contributed by atoms with Gasteiger partial charge in [0.1, 0.15) is 5.82 Å². The second kappa shape index (κ2) is 7.56. The number of hydrogen-bond acceptors (Lipinski definition) is 6. The highest BCUT2D eigenvalue weighted by Crippen LogP contribution is 2.32. The van der Waals surface area contributed by atoms with Crippen molar-refractivity contribution in [2.24, 2.45) is 14.1 Å². The van der Waals surface area contributed by atoms with Crippen LogP contribution in [0.2, 0.25) is 0 Å². The van der Waals surface area contributed by atoms with Crippen LogP contribution in [0.4, 0.5) is 10.3 Å². The Labute approximate surface area is 181 Å². The summed E-state index contributed by atoms with van der Waals surface area (Å²) in [5.74, 6) is 1.32. The molecule has 0 atom stereocenters. The zero-order chi connectivity index (χ0) is 22.4. The van der Waals surface area contributed by atoms with Crippen LogP contribution in [0.25, 0.3) is 11.2 Å². The molecule has 0 amide bonds. The molecule has 3 heterocycles. The molecular weight excluding hydrogens is 417 g/mol. The van der Waals surface area contributed by atoms with Crippen LogP contribution in [-0.2, 0) is 27.2 Å². The molecule has 0 unspecified atom stereocenters. The van der Waals surface area contributed by atoms with Gasteiger partial charge in [-0.25, -0.2) is 9.18 Å². The Bertz CT molecular complexity index is 1470. The molecule has 0 aliphatic carbocycles. The Balaban J connectivity index is 1.51. The van der Waals surface area contributed by atoms with Gasteiger partial charge in [0.05, 0.1) is 6.54 Å². The van der Waals surface area contributed by atoms with Crippen LogP contribution in [0.3, 0.4) is 0 Å². The Morgan fingerprint density at radius 2 is 1.84 bits per heavy atom. The van der Waals surface area contributed by atoms with Gasteiger partial charge < -0.3 is 19.4 Å². The molecule has 0 saturated carbocycles. The summed E-state index contributed by atoms with van der Waals surface area (Å²) in [5, 5.41) is 3.19. The van der Waals surface area contributed by atoms with Gasteiger partial charge >= 0.3 is 5.69 Å². The molecule has 0 spiro atoms. The molecule has 0 saturated heterocycles. The summed E-state index contributed by atoms with van der Waals surface area (Å²) >= 11 is 0. The van der Waals surface area contributed by atoms with E-state index in [1.165, 1.54) is 17.7 Å². The van der Waals surface area contributed by atoms with Gasteiger partial charge in [0, 0.05) is 26.2 Å². The predicted molar refractivity (Wildman–Crippen MR) is 116 cm³/mol. The molecule has 2 aromatic carbocycles. The summed E-state index contributed by atoms with van der Waals surface area (Å²) in [5.41, 5.74) is 0.599. The first-order valence-corrected chi connectivity index (χ1v) is 9.96. The van der Waals surface area contributed by atoms with E-state index in [2.05, 4.69) is 10.3 Å². The molecule has 5 rings (SSSR count). The lowest BCUT2D eigenvalue weighted by atomic mass is 10.2. The predicted octanol–water partition coefficient (Wildman–Crippen LogP) is 1.96. The van der Waals surface area contributed by atoms with Crippen molar-refractivity contribution < 1.29 is 13.9 Å². The summed E-state index contributed by atoms with van der Waals surface area (Å²) in [6, 6.07) is 11.7. The molecule has 10 heteroatoms. The van der Waals surface area contributed by atoms with Crippen LogP contribution in [-0.4, -0.2) is 25.5 Å². The maximum Gasteiger partial charge on any atom is 0.332 e. The normalized spacial score (nSPS) is 12.5. The number of fused-ring (bicyclic) bond motifs is 2. The minimum atomic E-state index is -0.564. The van der Waals surface area contributed by atoms with Crippen molar-refractivity contribution >= 4 is 17.1 Å². The largest absolute Gasteiger partial charge is 0.454 e. The molecule has 0 fully saturated rings. The van der Waals surface area contributed by atoms with Gasteiger partial charge in [-0.2, -0.15) is 4.98 Å². The minimum Gasteiger partial charge on any atom is -0.454 e. The molecule has 1 aliphatic heterocycles. The van der Waals surface area contributed by atoms with E-state index in [-0.39, 0.29) is 30.1 Å². The molecule has 1 aliphatic rings. The second-order valence-electron chi connectivity index (χ2n) is 7.53. The smallest absolute Gasteiger partial charge is 0.332 e. The summed E-state index contributed by atoms with van der Waals surface area (Å²) < 4.78 is 28.7. The maximum absolute atomic E-state index is 14.1. The van der Waals surface area contributed by atoms with Crippen LogP contribution in [0.5, 0.6) is 11.5 Å². The van der Waals surface area contributed by atoms with Gasteiger partial charge in [-0.3, -0.25) is 13.9 Å². The van der Waals surface area contributed by atoms with Crippen molar-refractivity contribution in [2.75, 3.05) is 12.1 Å². The van der Waals surface area contributed by atoms with Crippen molar-refractivity contribution in [3.63, 3.8) is 0 Å². The molecule has 2 aromatic heterocycles. The van der Waals surface area contributed by atoms with Gasteiger partial charge in [-0.1, -0.05) is 24.3 Å². The van der Waals surface area contributed by atoms with Crippen LogP contribution in [0.1, 0.15) is 11.1 Å². The molecule has 32 heavy (non-hydrogen) atoms. The maximum atomic E-state index is 14.1. The molecule has 9 nitrogen and oxygen atoms in total. The number of benzene rings is 2. The highest BCUT2D eigenvalue weighted by atomic mass is 19.1. The van der Waals surface area contributed by atoms with E-state index in [4.69, 9.17) is 9.47 Å². The SMILES string of the molecule is Cn1c(NCc2ccc3c(c2)OCO3)nc2c1c(=O)n(Cc1ccccc1F)c(=O)n2C. The lowest BCUT2D eigenvalue weighted by Gasteiger charge is -2.09. The van der Waals surface area contributed by atoms with Crippen molar-refractivity contribution in [3.8, 4) is 11.5 Å². The summed E-state index contributed by atoms with van der Waals surface area (Å²) in [6.07, 6.45) is 0. The van der Waals surface area contributed by atoms with Crippen LogP contribution in [0.15, 0.2) is 52.1 Å². The van der Waals surface area contributed by atoms with Crippen LogP contribution in [0, 0.1) is 5.82 Å². The van der Waals surface area contributed by atoms with E-state index in [0.29, 0.717) is 24.0 Å². The van der Waals surface area contributed by atoms with Crippen molar-refractivity contribution in [1.29, 1.82) is 0 Å². The van der Waals surface area contributed by atoms with E-state index in [1.54, 1.807) is 29.8 Å². The number of imidazole rings is 1. The third-order valence-electron chi connectivity index (χ3n) is 5.53. The zero-order valence-electron chi connectivity index (χ0n) is 17.5. The highest BCUT2D eigenvalue weighted by Gasteiger charge is 2.20. The van der Waals surface area contributed by atoms with Crippen molar-refractivity contribution in [1.82, 2.24) is 18.7 Å². The quantitative estimate of drug-likeness (QED) is 0.513. The molecule has 4 aromatic rings. The topological polar surface area (TPSA) is 92.3 Å². The molecule has 1 N–H and O–H groups in total. The molecule has 0 bridgehead atoms. The molecule has 0 radical (unpaired) electrons. The number of hydrogen-bond donors (Lipinski definition) is 1. The standard InChI is InChI=1S/C22H20FN5O4/c1-26-18-19(25-21(26)24-10-13-7-8-16-17(9-13)32-12-31-16)27(2)22(30)28(20(18)29)11-14-5-3-4-6-15(14)23/h3-9H,10-12H2,1-2H3,(H,24,25). The van der Waals surface area contributed by atoms with E-state index >= 15 is 0 Å². The van der Waals surface area contributed by atoms with E-state index in [1.807, 2.05) is 18.2 Å². The average molecular weight is 437 g/mol. The van der Waals surface area contributed by atoms with Crippen molar-refractivity contribution in [3.05, 3.63) is 80.2 Å². The van der Waals surface area contributed by atoms with E-state index in [0.717, 1.165) is 10.1 Å². The first-order valence-electron chi connectivity index (χ1n) is 9.96. The van der Waals surface area contributed by atoms with Gasteiger partial charge in [0.25, 0.3) is 5.56 Å². The number of rotatable bonds is 5. The number of aromatic nitrogens is 4.